The van der Waals surface area contributed by atoms with E-state index in [4.69, 9.17) is 5.11 Å². The van der Waals surface area contributed by atoms with Gasteiger partial charge in [-0.25, -0.2) is 4.79 Å². The first-order valence-corrected chi connectivity index (χ1v) is 2.53. The van der Waals surface area contributed by atoms with Crippen LogP contribution in [0.4, 0.5) is 0 Å². The maximum Gasteiger partial charge on any atom is 0.330 e. The van der Waals surface area contributed by atoms with Crippen molar-refractivity contribution in [2.24, 2.45) is 0 Å². The molecular weight excluding hydrogens is 128 g/mol. The lowest BCUT2D eigenvalue weighted by atomic mass is 10.4. The van der Waals surface area contributed by atoms with Gasteiger partial charge in [-0.3, -0.25) is 0 Å². The number of rotatable bonds is 1. The van der Waals surface area contributed by atoms with Crippen LogP contribution in [0.5, 0.6) is 0 Å². The quantitative estimate of drug-likeness (QED) is 0.450. The Morgan fingerprint density at radius 2 is 1.30 bits per heavy atom. The van der Waals surface area contributed by atoms with Crippen LogP contribution in [0, 0.1) is 0 Å². The van der Waals surface area contributed by atoms with Crippen molar-refractivity contribution in [1.82, 2.24) is 0 Å². The number of carbonyl (C=O) groups is 1. The van der Waals surface area contributed by atoms with Crippen molar-refractivity contribution in [3.8, 4) is 0 Å². The molecule has 0 amide bonds. The molecule has 0 unspecified atom stereocenters. The second kappa shape index (κ2) is 15.6. The predicted molar refractivity (Wildman–Crippen MR) is 45.0 cm³/mol. The summed E-state index contributed by atoms with van der Waals surface area (Å²) in [5.41, 5.74) is 0.176. The van der Waals surface area contributed by atoms with Gasteiger partial charge in [0.2, 0.25) is 0 Å². The van der Waals surface area contributed by atoms with E-state index in [0.29, 0.717) is 0 Å². The van der Waals surface area contributed by atoms with Crippen molar-refractivity contribution in [3.63, 3.8) is 0 Å². The van der Waals surface area contributed by atoms with E-state index in [1.165, 1.54) is 6.92 Å². The highest BCUT2D eigenvalue weighted by molar-refractivity contribution is 5.84. The molecular formula is C8H14O2. The molecule has 58 valence electrons. The molecule has 1 N–H and O–H groups in total. The fourth-order valence-corrected chi connectivity index (χ4v) is 0. The van der Waals surface area contributed by atoms with Gasteiger partial charge in [0.25, 0.3) is 0 Å². The molecule has 2 heteroatoms. The monoisotopic (exact) mass is 142 g/mol. The Kier molecular flexibility index (Phi) is 24.8. The highest BCUT2D eigenvalue weighted by Crippen LogP contribution is 1.81. The van der Waals surface area contributed by atoms with Crippen molar-refractivity contribution in [1.29, 1.82) is 0 Å². The molecule has 0 aliphatic carbocycles. The largest absolute Gasteiger partial charge is 0.478 e. The highest BCUT2D eigenvalue weighted by atomic mass is 16.4. The van der Waals surface area contributed by atoms with Crippen LogP contribution < -0.4 is 0 Å². The van der Waals surface area contributed by atoms with E-state index in [1.807, 2.05) is 0 Å². The first kappa shape index (κ1) is 15.9. The predicted octanol–water partition coefficient (Wildman–Crippen LogP) is 2.25. The zero-order valence-electron chi connectivity index (χ0n) is 6.39. The molecule has 0 bridgehead atoms. The van der Waals surface area contributed by atoms with E-state index in [9.17, 15) is 4.79 Å². The molecule has 0 saturated heterocycles. The van der Waals surface area contributed by atoms with Crippen LogP contribution in [0.25, 0.3) is 0 Å². The maximum absolute atomic E-state index is 9.60. The Hall–Kier alpha value is -1.31. The Morgan fingerprint density at radius 3 is 1.30 bits per heavy atom. The number of carboxylic acids is 1. The Morgan fingerprint density at radius 1 is 1.20 bits per heavy atom. The molecule has 0 aromatic rings. The Bertz CT molecular complexity index is 91.8. The van der Waals surface area contributed by atoms with Gasteiger partial charge in [0.1, 0.15) is 0 Å². The van der Waals surface area contributed by atoms with Gasteiger partial charge in [-0.15, -0.1) is 26.3 Å². The van der Waals surface area contributed by atoms with Gasteiger partial charge in [-0.2, -0.15) is 0 Å². The van der Waals surface area contributed by atoms with Gasteiger partial charge in [0.15, 0.2) is 0 Å². The van der Waals surface area contributed by atoms with Gasteiger partial charge < -0.3 is 5.11 Å². The minimum atomic E-state index is -0.935. The second-order valence-corrected chi connectivity index (χ2v) is 1.09. The molecule has 0 aliphatic rings. The molecule has 0 radical (unpaired) electrons. The summed E-state index contributed by atoms with van der Waals surface area (Å²) in [4.78, 5) is 9.60. The van der Waals surface area contributed by atoms with Crippen molar-refractivity contribution in [2.45, 2.75) is 6.92 Å². The summed E-state index contributed by atoms with van der Waals surface area (Å²) in [5, 5.41) is 7.89. The molecule has 0 aliphatic heterocycles. The molecule has 0 aromatic carbocycles. The van der Waals surface area contributed by atoms with Gasteiger partial charge in [0, 0.05) is 5.57 Å². The maximum atomic E-state index is 9.60. The minimum absolute atomic E-state index is 0.176. The third-order valence-corrected chi connectivity index (χ3v) is 0.365. The zero-order chi connectivity index (χ0) is 9.15. The lowest BCUT2D eigenvalue weighted by Crippen LogP contribution is -1.92. The van der Waals surface area contributed by atoms with E-state index in [-0.39, 0.29) is 5.57 Å². The Labute approximate surface area is 62.2 Å². The van der Waals surface area contributed by atoms with Crippen LogP contribution in [0.1, 0.15) is 6.92 Å². The SMILES string of the molecule is C=C.C=C.C=C(C)C(=O)O. The van der Waals surface area contributed by atoms with Crippen molar-refractivity contribution < 1.29 is 9.90 Å². The molecule has 10 heavy (non-hydrogen) atoms. The molecule has 0 heterocycles. The fraction of sp³-hybridized carbons (Fsp3) is 0.125. The summed E-state index contributed by atoms with van der Waals surface area (Å²) in [6.45, 7) is 16.6. The minimum Gasteiger partial charge on any atom is -0.478 e. The van der Waals surface area contributed by atoms with E-state index >= 15 is 0 Å². The average molecular weight is 142 g/mol. The topological polar surface area (TPSA) is 37.3 Å². The van der Waals surface area contributed by atoms with Gasteiger partial charge in [-0.1, -0.05) is 6.58 Å². The molecule has 0 rings (SSSR count). The van der Waals surface area contributed by atoms with Crippen molar-refractivity contribution in [2.75, 3.05) is 0 Å². The van der Waals surface area contributed by atoms with Crippen LogP contribution in [-0.2, 0) is 4.79 Å². The van der Waals surface area contributed by atoms with Gasteiger partial charge in [0.05, 0.1) is 0 Å². The third kappa shape index (κ3) is 29.9. The van der Waals surface area contributed by atoms with Crippen LogP contribution in [0.15, 0.2) is 38.5 Å². The fourth-order valence-electron chi connectivity index (χ4n) is 0. The van der Waals surface area contributed by atoms with E-state index in [2.05, 4.69) is 32.9 Å². The summed E-state index contributed by atoms with van der Waals surface area (Å²) in [5.74, 6) is -0.935. The Balaban J connectivity index is -0.000000105. The van der Waals surface area contributed by atoms with E-state index < -0.39 is 5.97 Å². The van der Waals surface area contributed by atoms with Crippen molar-refractivity contribution in [3.05, 3.63) is 38.5 Å². The molecule has 0 saturated carbocycles. The van der Waals surface area contributed by atoms with E-state index in [0.717, 1.165) is 0 Å². The zero-order valence-corrected chi connectivity index (χ0v) is 6.39. The average Bonchev–Trinajstić information content (AvgIpc) is 1.96. The summed E-state index contributed by atoms with van der Waals surface area (Å²) in [6.07, 6.45) is 0. The number of carboxylic acid groups (broad SMARTS) is 1. The summed E-state index contributed by atoms with van der Waals surface area (Å²) < 4.78 is 0. The molecule has 0 aromatic heterocycles. The standard InChI is InChI=1S/C4H6O2.2C2H4/c1-3(2)4(5)6;2*1-2/h1H2,2H3,(H,5,6);2*1-2H2. The van der Waals surface area contributed by atoms with Gasteiger partial charge in [-0.05, 0) is 6.92 Å². The molecule has 2 nitrogen and oxygen atoms in total. The lowest BCUT2D eigenvalue weighted by Gasteiger charge is -1.79. The summed E-state index contributed by atoms with van der Waals surface area (Å²) in [7, 11) is 0. The number of aliphatic carboxylic acids is 1. The second-order valence-electron chi connectivity index (χ2n) is 1.09. The van der Waals surface area contributed by atoms with Crippen LogP contribution in [-0.4, -0.2) is 11.1 Å². The van der Waals surface area contributed by atoms with Crippen LogP contribution in [0.2, 0.25) is 0 Å². The normalized spacial score (nSPS) is 5.30. The summed E-state index contributed by atoms with van der Waals surface area (Å²) >= 11 is 0. The smallest absolute Gasteiger partial charge is 0.330 e. The van der Waals surface area contributed by atoms with Crippen molar-refractivity contribution >= 4 is 5.97 Å². The van der Waals surface area contributed by atoms with Crippen LogP contribution >= 0.6 is 0 Å². The first-order valence-electron chi connectivity index (χ1n) is 2.53. The number of hydrogen-bond donors (Lipinski definition) is 1. The first-order chi connectivity index (χ1) is 4.64. The third-order valence-electron chi connectivity index (χ3n) is 0.365. The van der Waals surface area contributed by atoms with Crippen LogP contribution in [0.3, 0.4) is 0 Å². The summed E-state index contributed by atoms with van der Waals surface area (Å²) in [6, 6.07) is 0. The van der Waals surface area contributed by atoms with Gasteiger partial charge >= 0.3 is 5.97 Å². The molecule has 0 fully saturated rings. The highest BCUT2D eigenvalue weighted by Gasteiger charge is 1.90. The number of hydrogen-bond acceptors (Lipinski definition) is 1. The molecule has 0 atom stereocenters. The molecule has 0 spiro atoms. The lowest BCUT2D eigenvalue weighted by molar-refractivity contribution is -0.132. The van der Waals surface area contributed by atoms with E-state index in [1.54, 1.807) is 0 Å².